The standard InChI is InChI=1S/C15H11BrF2O/c16-7-10-3-13(18)6-15-14(10)5-9-1-2-12(17)4-11(9)8-19-15/h1-2,4,6-7H,3,5,8H2. The van der Waals surface area contributed by atoms with Gasteiger partial charge in [-0.1, -0.05) is 22.0 Å². The zero-order valence-electron chi connectivity index (χ0n) is 10.1. The zero-order valence-corrected chi connectivity index (χ0v) is 11.6. The Kier molecular flexibility index (Phi) is 3.27. The minimum absolute atomic E-state index is 0.221. The molecule has 19 heavy (non-hydrogen) atoms. The summed E-state index contributed by atoms with van der Waals surface area (Å²) < 4.78 is 32.4. The molecule has 0 radical (unpaired) electrons. The van der Waals surface area contributed by atoms with Crippen LogP contribution in [0.2, 0.25) is 0 Å². The molecule has 1 aliphatic carbocycles. The minimum Gasteiger partial charge on any atom is -0.488 e. The van der Waals surface area contributed by atoms with Crippen molar-refractivity contribution < 1.29 is 13.5 Å². The fourth-order valence-corrected chi connectivity index (χ4v) is 2.85. The van der Waals surface area contributed by atoms with E-state index in [0.29, 0.717) is 12.2 Å². The lowest BCUT2D eigenvalue weighted by molar-refractivity contribution is 0.208. The maximum absolute atomic E-state index is 13.5. The molecule has 0 aromatic heterocycles. The van der Waals surface area contributed by atoms with Gasteiger partial charge in [-0.3, -0.25) is 0 Å². The number of rotatable bonds is 0. The average Bonchev–Trinajstić information content (AvgIpc) is 2.57. The molecule has 0 N–H and O–H groups in total. The van der Waals surface area contributed by atoms with Crippen LogP contribution >= 0.6 is 15.9 Å². The lowest BCUT2D eigenvalue weighted by Gasteiger charge is -2.17. The van der Waals surface area contributed by atoms with E-state index < -0.39 is 0 Å². The summed E-state index contributed by atoms with van der Waals surface area (Å²) in [4.78, 5) is 1.73. The predicted octanol–water partition coefficient (Wildman–Crippen LogP) is 4.69. The Bertz CT molecular complexity index is 629. The van der Waals surface area contributed by atoms with Crippen molar-refractivity contribution in [2.45, 2.75) is 19.4 Å². The quantitative estimate of drug-likeness (QED) is 0.672. The molecule has 1 heterocycles. The highest BCUT2D eigenvalue weighted by molar-refractivity contribution is 9.11. The fraction of sp³-hybridized carbons (Fsp3) is 0.200. The van der Waals surface area contributed by atoms with Gasteiger partial charge in [-0.15, -0.1) is 0 Å². The minimum atomic E-state index is -0.278. The second kappa shape index (κ2) is 4.93. The van der Waals surface area contributed by atoms with Crippen LogP contribution in [0.1, 0.15) is 17.5 Å². The molecule has 0 unspecified atom stereocenters. The number of benzene rings is 1. The summed E-state index contributed by atoms with van der Waals surface area (Å²) in [5, 5.41) is 0. The number of halogens is 3. The van der Waals surface area contributed by atoms with E-state index in [-0.39, 0.29) is 24.7 Å². The number of hydrogen-bond donors (Lipinski definition) is 0. The Morgan fingerprint density at radius 3 is 2.79 bits per heavy atom. The highest BCUT2D eigenvalue weighted by Crippen LogP contribution is 2.36. The molecule has 1 aromatic rings. The first-order valence-corrected chi connectivity index (χ1v) is 6.88. The molecule has 1 aliphatic heterocycles. The Morgan fingerprint density at radius 2 is 2.00 bits per heavy atom. The Labute approximate surface area is 118 Å². The summed E-state index contributed by atoms with van der Waals surface area (Å²) in [5.74, 6) is 0.0489. The van der Waals surface area contributed by atoms with Crippen LogP contribution in [0, 0.1) is 5.82 Å². The first kappa shape index (κ1) is 12.6. The highest BCUT2D eigenvalue weighted by Gasteiger charge is 2.23. The van der Waals surface area contributed by atoms with E-state index in [9.17, 15) is 8.78 Å². The monoisotopic (exact) mass is 324 g/mol. The average molecular weight is 325 g/mol. The maximum atomic E-state index is 13.5. The van der Waals surface area contributed by atoms with Gasteiger partial charge in [0.05, 0.1) is 0 Å². The lowest BCUT2D eigenvalue weighted by Crippen LogP contribution is -2.03. The third-order valence-corrected chi connectivity index (χ3v) is 3.94. The van der Waals surface area contributed by atoms with Gasteiger partial charge in [0.2, 0.25) is 0 Å². The molecule has 4 heteroatoms. The normalized spacial score (nSPS) is 20.4. The summed E-state index contributed by atoms with van der Waals surface area (Å²) >= 11 is 3.27. The van der Waals surface area contributed by atoms with Gasteiger partial charge in [-0.2, -0.15) is 0 Å². The van der Waals surface area contributed by atoms with E-state index in [0.717, 1.165) is 22.3 Å². The molecule has 0 atom stereocenters. The zero-order chi connectivity index (χ0) is 13.4. The Balaban J connectivity index is 2.06. The van der Waals surface area contributed by atoms with Crippen LogP contribution in [-0.2, 0) is 17.8 Å². The molecule has 0 spiro atoms. The third-order valence-electron chi connectivity index (χ3n) is 3.38. The smallest absolute Gasteiger partial charge is 0.126 e. The Hall–Kier alpha value is -1.42. The summed E-state index contributed by atoms with van der Waals surface area (Å²) in [6.45, 7) is 0.269. The van der Waals surface area contributed by atoms with Crippen LogP contribution in [0.15, 0.2) is 52.0 Å². The lowest BCUT2D eigenvalue weighted by atomic mass is 9.91. The Morgan fingerprint density at radius 1 is 1.16 bits per heavy atom. The second-order valence-corrected chi connectivity index (χ2v) is 5.08. The molecule has 0 fully saturated rings. The predicted molar refractivity (Wildman–Crippen MR) is 72.7 cm³/mol. The van der Waals surface area contributed by atoms with Gasteiger partial charge < -0.3 is 4.74 Å². The van der Waals surface area contributed by atoms with Crippen molar-refractivity contribution in [1.82, 2.24) is 0 Å². The van der Waals surface area contributed by atoms with E-state index >= 15 is 0 Å². The largest absolute Gasteiger partial charge is 0.488 e. The summed E-state index contributed by atoms with van der Waals surface area (Å²) in [5.41, 5.74) is 3.67. The van der Waals surface area contributed by atoms with Crippen LogP contribution in [0.3, 0.4) is 0 Å². The number of ether oxygens (including phenoxy) is 1. The van der Waals surface area contributed by atoms with E-state index in [1.54, 1.807) is 11.1 Å². The molecule has 3 rings (SSSR count). The van der Waals surface area contributed by atoms with Crippen molar-refractivity contribution in [1.29, 1.82) is 0 Å². The van der Waals surface area contributed by atoms with Crippen LogP contribution in [0.25, 0.3) is 0 Å². The number of fused-ring (bicyclic) bond motifs is 1. The molecular weight excluding hydrogens is 314 g/mol. The molecule has 0 amide bonds. The molecule has 0 saturated heterocycles. The molecular formula is C15H11BrF2O. The van der Waals surface area contributed by atoms with E-state index in [1.165, 1.54) is 18.2 Å². The van der Waals surface area contributed by atoms with Crippen molar-refractivity contribution in [3.63, 3.8) is 0 Å². The molecule has 1 aromatic carbocycles. The van der Waals surface area contributed by atoms with Crippen molar-refractivity contribution in [2.75, 3.05) is 0 Å². The van der Waals surface area contributed by atoms with Crippen molar-refractivity contribution in [3.05, 3.63) is 68.9 Å². The van der Waals surface area contributed by atoms with Crippen LogP contribution in [0.4, 0.5) is 8.78 Å². The third kappa shape index (κ3) is 2.37. The summed E-state index contributed by atoms with van der Waals surface area (Å²) in [6.07, 6.45) is 2.33. The van der Waals surface area contributed by atoms with Crippen molar-refractivity contribution in [2.24, 2.45) is 0 Å². The van der Waals surface area contributed by atoms with Crippen LogP contribution in [0.5, 0.6) is 0 Å². The van der Waals surface area contributed by atoms with E-state index in [1.807, 2.05) is 0 Å². The maximum Gasteiger partial charge on any atom is 0.126 e. The molecule has 98 valence electrons. The van der Waals surface area contributed by atoms with Crippen molar-refractivity contribution in [3.8, 4) is 0 Å². The van der Waals surface area contributed by atoms with E-state index in [4.69, 9.17) is 4.74 Å². The summed E-state index contributed by atoms with van der Waals surface area (Å²) in [7, 11) is 0. The second-order valence-electron chi connectivity index (χ2n) is 4.62. The number of hydrogen-bond acceptors (Lipinski definition) is 1. The van der Waals surface area contributed by atoms with E-state index in [2.05, 4.69) is 15.9 Å². The molecule has 0 saturated carbocycles. The van der Waals surface area contributed by atoms with Gasteiger partial charge in [-0.05, 0) is 33.8 Å². The van der Waals surface area contributed by atoms with Gasteiger partial charge in [0, 0.05) is 24.5 Å². The topological polar surface area (TPSA) is 9.23 Å². The van der Waals surface area contributed by atoms with Crippen LogP contribution in [-0.4, -0.2) is 0 Å². The van der Waals surface area contributed by atoms with Gasteiger partial charge >= 0.3 is 0 Å². The van der Waals surface area contributed by atoms with Gasteiger partial charge in [0.25, 0.3) is 0 Å². The van der Waals surface area contributed by atoms with Gasteiger partial charge in [0.15, 0.2) is 0 Å². The fourth-order valence-electron chi connectivity index (χ4n) is 2.41. The molecule has 0 bridgehead atoms. The summed E-state index contributed by atoms with van der Waals surface area (Å²) in [6, 6.07) is 4.69. The SMILES string of the molecule is FC1=CC2=C(Cc3ccc(F)cc3CO2)C(=CBr)C1. The van der Waals surface area contributed by atoms with Crippen LogP contribution < -0.4 is 0 Å². The molecule has 2 aliphatic rings. The van der Waals surface area contributed by atoms with Gasteiger partial charge in [0.1, 0.15) is 24.0 Å². The first-order chi connectivity index (χ1) is 9.17. The number of allylic oxidation sites excluding steroid dienone is 4. The van der Waals surface area contributed by atoms with Crippen molar-refractivity contribution >= 4 is 15.9 Å². The molecule has 1 nitrogen and oxygen atoms in total. The highest BCUT2D eigenvalue weighted by atomic mass is 79.9. The first-order valence-electron chi connectivity index (χ1n) is 5.96. The van der Waals surface area contributed by atoms with Gasteiger partial charge in [-0.25, -0.2) is 8.78 Å².